The maximum atomic E-state index is 11.5. The Balaban J connectivity index is 2.09. The number of hydrogen-bond donors (Lipinski definition) is 2. The minimum absolute atomic E-state index is 0.308. The Labute approximate surface area is 117 Å². The normalized spacial score (nSPS) is 20.5. The molecule has 1 heterocycles. The van der Waals surface area contributed by atoms with Gasteiger partial charge in [-0.15, -0.1) is 0 Å². The molecule has 0 aromatic carbocycles. The van der Waals surface area contributed by atoms with E-state index in [1.54, 1.807) is 0 Å². The van der Waals surface area contributed by atoms with E-state index in [9.17, 15) is 4.79 Å². The third-order valence-corrected chi connectivity index (χ3v) is 3.27. The predicted molar refractivity (Wildman–Crippen MR) is 77.3 cm³/mol. The lowest BCUT2D eigenvalue weighted by molar-refractivity contribution is 0.0525. The molecule has 1 aliphatic heterocycles. The molecule has 0 spiro atoms. The molecule has 1 atom stereocenters. The highest BCUT2D eigenvalue weighted by Gasteiger charge is 2.22. The molecule has 1 rings (SSSR count). The lowest BCUT2D eigenvalue weighted by atomic mass is 10.1. The maximum absolute atomic E-state index is 11.5. The van der Waals surface area contributed by atoms with Crippen molar-refractivity contribution in [2.24, 2.45) is 5.92 Å². The van der Waals surface area contributed by atoms with Gasteiger partial charge in [-0.2, -0.15) is 0 Å². The maximum Gasteiger partial charge on any atom is 0.407 e. The minimum Gasteiger partial charge on any atom is -0.444 e. The Morgan fingerprint density at radius 3 is 2.74 bits per heavy atom. The van der Waals surface area contributed by atoms with Crippen LogP contribution in [0, 0.1) is 5.92 Å². The van der Waals surface area contributed by atoms with E-state index >= 15 is 0 Å². The van der Waals surface area contributed by atoms with Crippen molar-refractivity contribution in [1.29, 1.82) is 0 Å². The Kier molecular flexibility index (Phi) is 6.58. The standard InChI is InChI=1S/C14H29N3O2/c1-14(2,3)19-13(18)16-7-5-12-6-9-17(11-12)10-8-15-4/h12,15H,5-11H2,1-4H3,(H,16,18). The van der Waals surface area contributed by atoms with E-state index in [0.717, 1.165) is 26.1 Å². The summed E-state index contributed by atoms with van der Waals surface area (Å²) in [6, 6.07) is 0. The van der Waals surface area contributed by atoms with Crippen molar-refractivity contribution >= 4 is 6.09 Å². The van der Waals surface area contributed by atoms with E-state index in [1.807, 2.05) is 27.8 Å². The second kappa shape index (κ2) is 7.70. The zero-order chi connectivity index (χ0) is 14.3. The van der Waals surface area contributed by atoms with Gasteiger partial charge in [0, 0.05) is 26.2 Å². The van der Waals surface area contributed by atoms with Gasteiger partial charge in [-0.3, -0.25) is 0 Å². The number of hydrogen-bond acceptors (Lipinski definition) is 4. The lowest BCUT2D eigenvalue weighted by Crippen LogP contribution is -2.34. The molecule has 1 fully saturated rings. The summed E-state index contributed by atoms with van der Waals surface area (Å²) in [5.41, 5.74) is -0.415. The van der Waals surface area contributed by atoms with Gasteiger partial charge in [-0.25, -0.2) is 4.79 Å². The predicted octanol–water partition coefficient (Wildman–Crippen LogP) is 1.44. The number of rotatable bonds is 6. The average Bonchev–Trinajstić information content (AvgIpc) is 2.72. The van der Waals surface area contributed by atoms with Crippen LogP contribution in [0.1, 0.15) is 33.6 Å². The van der Waals surface area contributed by atoms with Gasteiger partial charge in [0.15, 0.2) is 0 Å². The third-order valence-electron chi connectivity index (χ3n) is 3.27. The number of likely N-dealkylation sites (N-methyl/N-ethyl adjacent to an activating group) is 1. The van der Waals surface area contributed by atoms with Crippen LogP contribution >= 0.6 is 0 Å². The Hall–Kier alpha value is -0.810. The highest BCUT2D eigenvalue weighted by molar-refractivity contribution is 5.67. The smallest absolute Gasteiger partial charge is 0.407 e. The average molecular weight is 271 g/mol. The van der Waals surface area contributed by atoms with Crippen molar-refractivity contribution in [1.82, 2.24) is 15.5 Å². The molecule has 5 nitrogen and oxygen atoms in total. The first kappa shape index (κ1) is 16.2. The molecule has 112 valence electrons. The molecule has 0 bridgehead atoms. The molecule has 0 aliphatic carbocycles. The van der Waals surface area contributed by atoms with E-state index in [-0.39, 0.29) is 6.09 Å². The quantitative estimate of drug-likeness (QED) is 0.767. The van der Waals surface area contributed by atoms with Crippen LogP contribution in [-0.2, 0) is 4.74 Å². The summed E-state index contributed by atoms with van der Waals surface area (Å²) in [6.07, 6.45) is 1.96. The summed E-state index contributed by atoms with van der Waals surface area (Å²) >= 11 is 0. The number of carbonyl (C=O) groups is 1. The summed E-state index contributed by atoms with van der Waals surface area (Å²) in [6.45, 7) is 10.8. The summed E-state index contributed by atoms with van der Waals surface area (Å²) in [5.74, 6) is 0.701. The van der Waals surface area contributed by atoms with Crippen molar-refractivity contribution in [2.45, 2.75) is 39.2 Å². The van der Waals surface area contributed by atoms with Crippen LogP contribution in [-0.4, -0.2) is 56.4 Å². The van der Waals surface area contributed by atoms with Crippen LogP contribution in [0.25, 0.3) is 0 Å². The van der Waals surface area contributed by atoms with Crippen LogP contribution in [0.4, 0.5) is 4.79 Å². The molecule has 0 aromatic heterocycles. The second-order valence-electron chi connectivity index (χ2n) is 6.28. The molecule has 0 radical (unpaired) electrons. The van der Waals surface area contributed by atoms with Gasteiger partial charge in [0.05, 0.1) is 0 Å². The number of likely N-dealkylation sites (tertiary alicyclic amines) is 1. The first-order chi connectivity index (χ1) is 8.90. The van der Waals surface area contributed by atoms with Gasteiger partial charge >= 0.3 is 6.09 Å². The fourth-order valence-corrected chi connectivity index (χ4v) is 2.31. The summed E-state index contributed by atoms with van der Waals surface area (Å²) < 4.78 is 5.21. The number of carbonyl (C=O) groups excluding carboxylic acids is 1. The first-order valence-corrected chi connectivity index (χ1v) is 7.24. The Morgan fingerprint density at radius 1 is 1.37 bits per heavy atom. The molecule has 2 N–H and O–H groups in total. The van der Waals surface area contributed by atoms with Gasteiger partial charge in [0.2, 0.25) is 0 Å². The number of nitrogens with one attached hydrogen (secondary N) is 2. The van der Waals surface area contributed by atoms with Gasteiger partial charge < -0.3 is 20.3 Å². The number of amides is 1. The van der Waals surface area contributed by atoms with Crippen LogP contribution in [0.3, 0.4) is 0 Å². The second-order valence-corrected chi connectivity index (χ2v) is 6.28. The summed E-state index contributed by atoms with van der Waals surface area (Å²) in [7, 11) is 1.98. The zero-order valence-electron chi connectivity index (χ0n) is 12.8. The van der Waals surface area contributed by atoms with E-state index < -0.39 is 5.60 Å². The van der Waals surface area contributed by atoms with E-state index in [1.165, 1.54) is 13.0 Å². The number of nitrogens with zero attached hydrogens (tertiary/aromatic N) is 1. The van der Waals surface area contributed by atoms with E-state index in [2.05, 4.69) is 15.5 Å². The number of alkyl carbamates (subject to hydrolysis) is 1. The summed E-state index contributed by atoms with van der Waals surface area (Å²) in [5, 5.41) is 6.01. The van der Waals surface area contributed by atoms with Gasteiger partial charge in [-0.05, 0) is 53.1 Å². The van der Waals surface area contributed by atoms with Crippen molar-refractivity contribution in [3.63, 3.8) is 0 Å². The minimum atomic E-state index is -0.415. The van der Waals surface area contributed by atoms with Gasteiger partial charge in [-0.1, -0.05) is 0 Å². The zero-order valence-corrected chi connectivity index (χ0v) is 12.8. The van der Waals surface area contributed by atoms with Crippen LogP contribution in [0.5, 0.6) is 0 Å². The van der Waals surface area contributed by atoms with Crippen molar-refractivity contribution in [3.8, 4) is 0 Å². The van der Waals surface area contributed by atoms with Gasteiger partial charge in [0.1, 0.15) is 5.60 Å². The number of ether oxygens (including phenoxy) is 1. The van der Waals surface area contributed by atoms with E-state index in [0.29, 0.717) is 12.5 Å². The fraction of sp³-hybridized carbons (Fsp3) is 0.929. The van der Waals surface area contributed by atoms with Crippen LogP contribution in [0.2, 0.25) is 0 Å². The topological polar surface area (TPSA) is 53.6 Å². The van der Waals surface area contributed by atoms with Crippen molar-refractivity contribution < 1.29 is 9.53 Å². The molecule has 19 heavy (non-hydrogen) atoms. The molecule has 0 saturated carbocycles. The molecular weight excluding hydrogens is 242 g/mol. The van der Waals surface area contributed by atoms with E-state index in [4.69, 9.17) is 4.74 Å². The third kappa shape index (κ3) is 7.38. The Morgan fingerprint density at radius 2 is 2.11 bits per heavy atom. The summed E-state index contributed by atoms with van der Waals surface area (Å²) in [4.78, 5) is 14.0. The highest BCUT2D eigenvalue weighted by Crippen LogP contribution is 2.18. The molecule has 1 amide bonds. The van der Waals surface area contributed by atoms with Crippen LogP contribution in [0.15, 0.2) is 0 Å². The molecule has 1 aliphatic rings. The van der Waals surface area contributed by atoms with Crippen LogP contribution < -0.4 is 10.6 Å². The lowest BCUT2D eigenvalue weighted by Gasteiger charge is -2.20. The van der Waals surface area contributed by atoms with Gasteiger partial charge in [0.25, 0.3) is 0 Å². The van der Waals surface area contributed by atoms with Crippen molar-refractivity contribution in [3.05, 3.63) is 0 Å². The first-order valence-electron chi connectivity index (χ1n) is 7.24. The van der Waals surface area contributed by atoms with Crippen molar-refractivity contribution in [2.75, 3.05) is 39.8 Å². The molecular formula is C14H29N3O2. The largest absolute Gasteiger partial charge is 0.444 e. The fourth-order valence-electron chi connectivity index (χ4n) is 2.31. The SMILES string of the molecule is CNCCN1CCC(CCNC(=O)OC(C)(C)C)C1. The molecule has 0 aromatic rings. The molecule has 5 heteroatoms. The highest BCUT2D eigenvalue weighted by atomic mass is 16.6. The Bertz CT molecular complexity index is 276. The monoisotopic (exact) mass is 271 g/mol. The molecule has 1 saturated heterocycles. The molecule has 1 unspecified atom stereocenters.